The van der Waals surface area contributed by atoms with Gasteiger partial charge in [0.25, 0.3) is 11.8 Å². The lowest BCUT2D eigenvalue weighted by molar-refractivity contribution is -0.123. The Labute approximate surface area is 149 Å². The van der Waals surface area contributed by atoms with Gasteiger partial charge in [-0.3, -0.25) is 20.4 Å². The maximum absolute atomic E-state index is 13.4. The summed E-state index contributed by atoms with van der Waals surface area (Å²) >= 11 is 1.47. The van der Waals surface area contributed by atoms with Crippen LogP contribution in [0.2, 0.25) is 0 Å². The molecule has 0 radical (unpaired) electrons. The Morgan fingerprint density at radius 3 is 2.92 bits per heavy atom. The number of hydrazine groups is 1. The van der Waals surface area contributed by atoms with Crippen LogP contribution in [0.25, 0.3) is 0 Å². The van der Waals surface area contributed by atoms with Gasteiger partial charge in [-0.05, 0) is 48.9 Å². The van der Waals surface area contributed by atoms with Gasteiger partial charge in [0.05, 0.1) is 4.88 Å². The number of fused-ring (bicyclic) bond motifs is 1. The minimum atomic E-state index is -0.563. The predicted molar refractivity (Wildman–Crippen MR) is 93.0 cm³/mol. The lowest BCUT2D eigenvalue weighted by Gasteiger charge is -2.16. The number of carbonyl (C=O) groups excluding carboxylic acids is 2. The Balaban J connectivity index is 1.49. The van der Waals surface area contributed by atoms with Gasteiger partial charge in [0.2, 0.25) is 0 Å². The normalized spacial score (nSPS) is 16.0. The van der Waals surface area contributed by atoms with Crippen molar-refractivity contribution in [2.45, 2.75) is 26.2 Å². The minimum Gasteiger partial charge on any atom is -0.481 e. The van der Waals surface area contributed by atoms with Crippen molar-refractivity contribution in [1.82, 2.24) is 10.9 Å². The van der Waals surface area contributed by atoms with Crippen molar-refractivity contribution in [2.75, 3.05) is 6.61 Å². The number of rotatable bonds is 4. The highest BCUT2D eigenvalue weighted by Gasteiger charge is 2.20. The van der Waals surface area contributed by atoms with E-state index in [1.165, 1.54) is 40.0 Å². The molecule has 0 saturated heterocycles. The number of hydrogen-bond donors (Lipinski definition) is 2. The third kappa shape index (κ3) is 4.36. The largest absolute Gasteiger partial charge is 0.481 e. The first-order valence-corrected chi connectivity index (χ1v) is 8.92. The molecular formula is C18H19FN2O3S. The Morgan fingerprint density at radius 1 is 1.32 bits per heavy atom. The second-order valence-electron chi connectivity index (χ2n) is 6.13. The number of para-hydroxylation sites is 1. The standard InChI is InChI=1S/C18H19FN2O3S/c1-11-6-7-15-12(8-11)9-16(25-15)18(23)21-20-17(22)10-24-14-5-3-2-4-13(14)19/h2-5,9,11H,6-8,10H2,1H3,(H,20,22)(H,21,23)/t11-/m0/s1. The van der Waals surface area contributed by atoms with E-state index in [0.717, 1.165) is 19.3 Å². The number of thiophene rings is 1. The van der Waals surface area contributed by atoms with Crippen molar-refractivity contribution in [3.63, 3.8) is 0 Å². The number of amides is 2. The average molecular weight is 362 g/mol. The number of aryl methyl sites for hydroxylation is 1. The van der Waals surface area contributed by atoms with Gasteiger partial charge in [-0.15, -0.1) is 11.3 Å². The fraction of sp³-hybridized carbons (Fsp3) is 0.333. The highest BCUT2D eigenvalue weighted by atomic mass is 32.1. The maximum atomic E-state index is 13.4. The molecule has 2 aromatic rings. The first-order chi connectivity index (χ1) is 12.0. The van der Waals surface area contributed by atoms with Crippen molar-refractivity contribution in [3.8, 4) is 5.75 Å². The van der Waals surface area contributed by atoms with Crippen LogP contribution in [-0.2, 0) is 17.6 Å². The number of ether oxygens (including phenoxy) is 1. The van der Waals surface area contributed by atoms with Crippen LogP contribution in [0.1, 0.15) is 33.5 Å². The fourth-order valence-electron chi connectivity index (χ4n) is 2.75. The molecule has 132 valence electrons. The zero-order valence-electron chi connectivity index (χ0n) is 13.8. The molecule has 1 aromatic heterocycles. The van der Waals surface area contributed by atoms with Crippen LogP contribution in [-0.4, -0.2) is 18.4 Å². The third-order valence-corrected chi connectivity index (χ3v) is 5.30. The quantitative estimate of drug-likeness (QED) is 0.822. The second-order valence-corrected chi connectivity index (χ2v) is 7.27. The predicted octanol–water partition coefficient (Wildman–Crippen LogP) is 2.85. The van der Waals surface area contributed by atoms with Crippen molar-refractivity contribution in [2.24, 2.45) is 5.92 Å². The lowest BCUT2D eigenvalue weighted by Crippen LogP contribution is -2.43. The van der Waals surface area contributed by atoms with Gasteiger partial charge in [0.1, 0.15) is 0 Å². The number of benzene rings is 1. The molecule has 0 aliphatic heterocycles. The molecule has 25 heavy (non-hydrogen) atoms. The number of hydrogen-bond acceptors (Lipinski definition) is 4. The van der Waals surface area contributed by atoms with Crippen molar-refractivity contribution in [3.05, 3.63) is 51.5 Å². The summed E-state index contributed by atoms with van der Waals surface area (Å²) in [7, 11) is 0. The van der Waals surface area contributed by atoms with Crippen LogP contribution in [0.5, 0.6) is 5.75 Å². The van der Waals surface area contributed by atoms with Crippen LogP contribution in [0.3, 0.4) is 0 Å². The number of carbonyl (C=O) groups is 2. The molecule has 3 rings (SSSR count). The molecule has 0 spiro atoms. The molecule has 7 heteroatoms. The summed E-state index contributed by atoms with van der Waals surface area (Å²) in [6, 6.07) is 7.71. The minimum absolute atomic E-state index is 0.0102. The summed E-state index contributed by atoms with van der Waals surface area (Å²) in [5.41, 5.74) is 5.87. The third-order valence-electron chi connectivity index (χ3n) is 4.06. The summed E-state index contributed by atoms with van der Waals surface area (Å²) in [4.78, 5) is 25.7. The maximum Gasteiger partial charge on any atom is 0.279 e. The molecule has 2 amide bonds. The monoisotopic (exact) mass is 362 g/mol. The van der Waals surface area contributed by atoms with Gasteiger partial charge in [0.15, 0.2) is 18.2 Å². The smallest absolute Gasteiger partial charge is 0.279 e. The Hall–Kier alpha value is -2.41. The first kappa shape index (κ1) is 17.4. The molecule has 1 heterocycles. The lowest BCUT2D eigenvalue weighted by atomic mass is 9.90. The van der Waals surface area contributed by atoms with Gasteiger partial charge in [-0.25, -0.2) is 4.39 Å². The van der Waals surface area contributed by atoms with E-state index < -0.39 is 11.7 Å². The second kappa shape index (κ2) is 7.65. The zero-order chi connectivity index (χ0) is 17.8. The summed E-state index contributed by atoms with van der Waals surface area (Å²) in [5.74, 6) is -0.840. The van der Waals surface area contributed by atoms with Crippen LogP contribution in [0.15, 0.2) is 30.3 Å². The SMILES string of the molecule is C[C@H]1CCc2sc(C(=O)NNC(=O)COc3ccccc3F)cc2C1. The van der Waals surface area contributed by atoms with Gasteiger partial charge in [-0.1, -0.05) is 19.1 Å². The van der Waals surface area contributed by atoms with E-state index in [4.69, 9.17) is 4.74 Å². The van der Waals surface area contributed by atoms with E-state index in [-0.39, 0.29) is 18.3 Å². The van der Waals surface area contributed by atoms with Gasteiger partial charge in [0, 0.05) is 4.88 Å². The van der Waals surface area contributed by atoms with Gasteiger partial charge < -0.3 is 4.74 Å². The summed E-state index contributed by atoms with van der Waals surface area (Å²) in [5, 5.41) is 0. The van der Waals surface area contributed by atoms with Crippen LogP contribution in [0, 0.1) is 11.7 Å². The zero-order valence-corrected chi connectivity index (χ0v) is 14.6. The van der Waals surface area contributed by atoms with Gasteiger partial charge >= 0.3 is 0 Å². The highest BCUT2D eigenvalue weighted by molar-refractivity contribution is 7.14. The van der Waals surface area contributed by atoms with E-state index in [1.807, 2.05) is 6.07 Å². The Bertz CT molecular complexity index is 790. The van der Waals surface area contributed by atoms with E-state index in [2.05, 4.69) is 17.8 Å². The van der Waals surface area contributed by atoms with Crippen molar-refractivity contribution in [1.29, 1.82) is 0 Å². The molecule has 1 aliphatic carbocycles. The topological polar surface area (TPSA) is 67.4 Å². The van der Waals surface area contributed by atoms with E-state index in [1.54, 1.807) is 6.07 Å². The van der Waals surface area contributed by atoms with Gasteiger partial charge in [-0.2, -0.15) is 0 Å². The molecule has 1 atom stereocenters. The molecule has 5 nitrogen and oxygen atoms in total. The summed E-state index contributed by atoms with van der Waals surface area (Å²) in [6.07, 6.45) is 3.12. The number of nitrogens with one attached hydrogen (secondary N) is 2. The molecule has 1 aromatic carbocycles. The molecule has 2 N–H and O–H groups in total. The fourth-order valence-corrected chi connectivity index (χ4v) is 3.85. The van der Waals surface area contributed by atoms with E-state index in [0.29, 0.717) is 10.8 Å². The molecule has 1 aliphatic rings. The summed E-state index contributed by atoms with van der Waals surface area (Å²) in [6.45, 7) is 1.82. The van der Waals surface area contributed by atoms with E-state index in [9.17, 15) is 14.0 Å². The van der Waals surface area contributed by atoms with Crippen LogP contribution < -0.4 is 15.6 Å². The molecule has 0 saturated carbocycles. The highest BCUT2D eigenvalue weighted by Crippen LogP contribution is 2.32. The van der Waals surface area contributed by atoms with Crippen LogP contribution in [0.4, 0.5) is 4.39 Å². The van der Waals surface area contributed by atoms with Crippen LogP contribution >= 0.6 is 11.3 Å². The van der Waals surface area contributed by atoms with E-state index >= 15 is 0 Å². The molecule has 0 unspecified atom stereocenters. The Kier molecular flexibility index (Phi) is 5.33. The molecule has 0 bridgehead atoms. The summed E-state index contributed by atoms with van der Waals surface area (Å²) < 4.78 is 18.5. The molecular weight excluding hydrogens is 343 g/mol. The average Bonchev–Trinajstić information content (AvgIpc) is 3.02. The Morgan fingerprint density at radius 2 is 2.12 bits per heavy atom. The first-order valence-electron chi connectivity index (χ1n) is 8.11. The van der Waals surface area contributed by atoms with Crippen molar-refractivity contribution < 1.29 is 18.7 Å². The number of halogens is 1. The molecule has 0 fully saturated rings. The van der Waals surface area contributed by atoms with Crippen molar-refractivity contribution >= 4 is 23.2 Å².